The number of esters is 1. The van der Waals surface area contributed by atoms with Crippen LogP contribution in [-0.4, -0.2) is 36.1 Å². The SMILES string of the molecule is O=CC1CC2CCCC(OC(=O)C(F)(F)S(=O)(=O)O)(C1)C2. The maximum atomic E-state index is 13.3. The molecule has 9 heteroatoms. The molecule has 0 aromatic rings. The van der Waals surface area contributed by atoms with E-state index in [9.17, 15) is 26.8 Å². The maximum absolute atomic E-state index is 13.3. The molecule has 120 valence electrons. The number of fused-ring (bicyclic) bond motifs is 2. The van der Waals surface area contributed by atoms with Crippen molar-refractivity contribution in [2.24, 2.45) is 11.8 Å². The molecule has 0 amide bonds. The fraction of sp³-hybridized carbons (Fsp3) is 0.833. The third-order valence-corrected chi connectivity index (χ3v) is 5.05. The lowest BCUT2D eigenvalue weighted by molar-refractivity contribution is -0.189. The fourth-order valence-electron chi connectivity index (χ4n) is 3.42. The van der Waals surface area contributed by atoms with Crippen LogP contribution in [0, 0.1) is 11.8 Å². The summed E-state index contributed by atoms with van der Waals surface area (Å²) in [6.45, 7) is 0. The highest BCUT2D eigenvalue weighted by molar-refractivity contribution is 7.87. The van der Waals surface area contributed by atoms with Gasteiger partial charge in [-0.15, -0.1) is 0 Å². The Labute approximate surface area is 120 Å². The number of alkyl halides is 2. The molecule has 2 bridgehead atoms. The molecule has 2 rings (SSSR count). The Morgan fingerprint density at radius 3 is 2.62 bits per heavy atom. The summed E-state index contributed by atoms with van der Waals surface area (Å²) in [5.41, 5.74) is -1.24. The summed E-state index contributed by atoms with van der Waals surface area (Å²) in [6, 6.07) is 0. The van der Waals surface area contributed by atoms with Gasteiger partial charge < -0.3 is 9.53 Å². The lowest BCUT2D eigenvalue weighted by Gasteiger charge is -2.46. The minimum absolute atomic E-state index is 0.0925. The molecule has 0 aromatic carbocycles. The van der Waals surface area contributed by atoms with Crippen LogP contribution in [-0.2, 0) is 24.4 Å². The molecular formula is C12H16F2O6S. The van der Waals surface area contributed by atoms with E-state index in [2.05, 4.69) is 0 Å². The molecule has 0 saturated heterocycles. The molecule has 0 radical (unpaired) electrons. The first-order valence-electron chi connectivity index (χ1n) is 6.63. The predicted octanol–water partition coefficient (Wildman–Crippen LogP) is 1.55. The van der Waals surface area contributed by atoms with Gasteiger partial charge in [0.15, 0.2) is 0 Å². The Morgan fingerprint density at radius 2 is 2.05 bits per heavy atom. The summed E-state index contributed by atoms with van der Waals surface area (Å²) in [7, 11) is -5.88. The molecule has 2 aliphatic rings. The minimum atomic E-state index is -5.88. The Morgan fingerprint density at radius 1 is 1.38 bits per heavy atom. The van der Waals surface area contributed by atoms with E-state index in [0.29, 0.717) is 32.0 Å². The molecule has 3 atom stereocenters. The average molecular weight is 326 g/mol. The lowest BCUT2D eigenvalue weighted by Crippen LogP contribution is -2.50. The number of ether oxygens (including phenoxy) is 1. The predicted molar refractivity (Wildman–Crippen MR) is 66.1 cm³/mol. The van der Waals surface area contributed by atoms with Crippen LogP contribution in [0.4, 0.5) is 8.78 Å². The van der Waals surface area contributed by atoms with Crippen LogP contribution >= 0.6 is 0 Å². The smallest absolute Gasteiger partial charge is 0.454 e. The number of carbonyl (C=O) groups is 2. The standard InChI is InChI=1S/C12H16F2O6S/c13-12(14,21(17,18)19)10(16)20-11-3-1-2-8(5-11)4-9(6-11)7-15/h7-9H,1-6H2,(H,17,18,19). The van der Waals surface area contributed by atoms with Gasteiger partial charge >= 0.3 is 21.3 Å². The Hall–Kier alpha value is -1.09. The van der Waals surface area contributed by atoms with Crippen LogP contribution in [0.2, 0.25) is 0 Å². The summed E-state index contributed by atoms with van der Waals surface area (Å²) >= 11 is 0. The van der Waals surface area contributed by atoms with Crippen molar-refractivity contribution in [2.45, 2.75) is 49.4 Å². The molecule has 0 aromatic heterocycles. The molecule has 0 aliphatic heterocycles. The number of hydrogen-bond donors (Lipinski definition) is 1. The summed E-state index contributed by atoms with van der Waals surface area (Å²) in [6.07, 6.45) is 3.56. The summed E-state index contributed by atoms with van der Waals surface area (Å²) in [5, 5.41) is -5.00. The van der Waals surface area contributed by atoms with E-state index in [1.807, 2.05) is 0 Å². The maximum Gasteiger partial charge on any atom is 0.465 e. The van der Waals surface area contributed by atoms with Crippen molar-refractivity contribution >= 4 is 22.4 Å². The van der Waals surface area contributed by atoms with Crippen molar-refractivity contribution in [3.63, 3.8) is 0 Å². The zero-order valence-electron chi connectivity index (χ0n) is 11.1. The van der Waals surface area contributed by atoms with Crippen molar-refractivity contribution in [3.8, 4) is 0 Å². The minimum Gasteiger partial charge on any atom is -0.454 e. The highest BCUT2D eigenvalue weighted by atomic mass is 32.2. The van der Waals surface area contributed by atoms with Gasteiger partial charge in [0.1, 0.15) is 11.9 Å². The van der Waals surface area contributed by atoms with E-state index in [1.54, 1.807) is 0 Å². The average Bonchev–Trinajstić information content (AvgIpc) is 2.36. The third kappa shape index (κ3) is 3.08. The van der Waals surface area contributed by atoms with Gasteiger partial charge in [0.05, 0.1) is 0 Å². The molecule has 0 heterocycles. The molecule has 6 nitrogen and oxygen atoms in total. The summed E-state index contributed by atoms with van der Waals surface area (Å²) < 4.78 is 61.0. The van der Waals surface area contributed by atoms with Gasteiger partial charge in [-0.3, -0.25) is 4.55 Å². The molecule has 0 spiro atoms. The molecule has 2 aliphatic carbocycles. The van der Waals surface area contributed by atoms with Gasteiger partial charge in [-0.1, -0.05) is 6.42 Å². The Bertz CT molecular complexity index is 546. The van der Waals surface area contributed by atoms with Crippen molar-refractivity contribution in [3.05, 3.63) is 0 Å². The molecule has 2 saturated carbocycles. The van der Waals surface area contributed by atoms with Gasteiger partial charge in [0, 0.05) is 5.92 Å². The highest BCUT2D eigenvalue weighted by Gasteiger charge is 2.57. The first-order valence-corrected chi connectivity index (χ1v) is 8.07. The molecular weight excluding hydrogens is 310 g/mol. The zero-order valence-corrected chi connectivity index (χ0v) is 11.9. The van der Waals surface area contributed by atoms with Crippen molar-refractivity contribution in [1.29, 1.82) is 0 Å². The van der Waals surface area contributed by atoms with E-state index >= 15 is 0 Å². The van der Waals surface area contributed by atoms with Gasteiger partial charge in [0.25, 0.3) is 0 Å². The van der Waals surface area contributed by atoms with Gasteiger partial charge in [0.2, 0.25) is 0 Å². The summed E-state index contributed by atoms with van der Waals surface area (Å²) in [5.74, 6) is -2.58. The van der Waals surface area contributed by atoms with Gasteiger partial charge in [-0.2, -0.15) is 17.2 Å². The number of carbonyl (C=O) groups excluding carboxylic acids is 2. The van der Waals surface area contributed by atoms with E-state index in [0.717, 1.165) is 6.42 Å². The van der Waals surface area contributed by atoms with Gasteiger partial charge in [-0.05, 0) is 38.0 Å². The van der Waals surface area contributed by atoms with E-state index in [-0.39, 0.29) is 12.3 Å². The van der Waals surface area contributed by atoms with Crippen molar-refractivity contribution < 1.29 is 36.1 Å². The number of aldehydes is 1. The first kappa shape index (κ1) is 16.3. The molecule has 3 unspecified atom stereocenters. The third-order valence-electron chi connectivity index (χ3n) is 4.24. The second kappa shape index (κ2) is 5.28. The monoisotopic (exact) mass is 326 g/mol. The molecule has 21 heavy (non-hydrogen) atoms. The molecule has 1 N–H and O–H groups in total. The van der Waals surface area contributed by atoms with Crippen LogP contribution in [0.15, 0.2) is 0 Å². The van der Waals surface area contributed by atoms with Crippen LogP contribution in [0.5, 0.6) is 0 Å². The van der Waals surface area contributed by atoms with Crippen molar-refractivity contribution in [2.75, 3.05) is 0 Å². The van der Waals surface area contributed by atoms with Crippen LogP contribution < -0.4 is 0 Å². The largest absolute Gasteiger partial charge is 0.465 e. The number of rotatable bonds is 4. The number of halogens is 2. The first-order chi connectivity index (χ1) is 9.60. The highest BCUT2D eigenvalue weighted by Crippen LogP contribution is 2.47. The Kier molecular flexibility index (Phi) is 4.09. The normalized spacial score (nSPS) is 33.3. The summed E-state index contributed by atoms with van der Waals surface area (Å²) in [4.78, 5) is 22.4. The molecule has 2 fully saturated rings. The second-order valence-corrected chi connectivity index (χ2v) is 7.33. The number of hydrogen-bond acceptors (Lipinski definition) is 5. The Balaban J connectivity index is 2.20. The van der Waals surface area contributed by atoms with Crippen molar-refractivity contribution in [1.82, 2.24) is 0 Å². The quantitative estimate of drug-likeness (QED) is 0.478. The topological polar surface area (TPSA) is 97.7 Å². The van der Waals surface area contributed by atoms with Crippen LogP contribution in [0.3, 0.4) is 0 Å². The van der Waals surface area contributed by atoms with Crippen LogP contribution in [0.1, 0.15) is 38.5 Å². The second-order valence-electron chi connectivity index (χ2n) is 5.86. The van der Waals surface area contributed by atoms with Crippen LogP contribution in [0.25, 0.3) is 0 Å². The fourth-order valence-corrected chi connectivity index (χ4v) is 3.67. The van der Waals surface area contributed by atoms with Gasteiger partial charge in [-0.25, -0.2) is 4.79 Å². The van der Waals surface area contributed by atoms with E-state index in [4.69, 9.17) is 9.29 Å². The van der Waals surface area contributed by atoms with E-state index in [1.165, 1.54) is 0 Å². The van der Waals surface area contributed by atoms with E-state index < -0.39 is 32.9 Å². The zero-order chi connectivity index (χ0) is 15.9. The lowest BCUT2D eigenvalue weighted by atomic mass is 9.65.